The third-order valence-electron chi connectivity index (χ3n) is 5.08. The van der Waals surface area contributed by atoms with Crippen LogP contribution in [0.25, 0.3) is 11.1 Å². The Labute approximate surface area is 152 Å². The zero-order chi connectivity index (χ0) is 18.1. The van der Waals surface area contributed by atoms with Gasteiger partial charge in [-0.3, -0.25) is 19.3 Å². The van der Waals surface area contributed by atoms with Gasteiger partial charge in [0.15, 0.2) is 0 Å². The van der Waals surface area contributed by atoms with Crippen molar-refractivity contribution in [1.29, 1.82) is 0 Å². The fourth-order valence-electron chi connectivity index (χ4n) is 3.55. The minimum atomic E-state index is -0.0868. The Morgan fingerprint density at radius 1 is 0.846 bits per heavy atom. The minimum absolute atomic E-state index is 0.0000586. The summed E-state index contributed by atoms with van der Waals surface area (Å²) in [6.07, 6.45) is 0.643. The van der Waals surface area contributed by atoms with Crippen molar-refractivity contribution in [3.05, 3.63) is 60.2 Å². The maximum Gasteiger partial charge on any atom is 0.253 e. The van der Waals surface area contributed by atoms with Crippen molar-refractivity contribution in [2.75, 3.05) is 19.6 Å². The molecule has 0 bridgehead atoms. The van der Waals surface area contributed by atoms with Gasteiger partial charge in [-0.25, -0.2) is 0 Å². The number of carbonyl (C=O) groups is 3. The van der Waals surface area contributed by atoms with Gasteiger partial charge in [-0.15, -0.1) is 0 Å². The van der Waals surface area contributed by atoms with E-state index in [0.29, 0.717) is 38.0 Å². The first-order valence-electron chi connectivity index (χ1n) is 8.90. The first-order valence-corrected chi connectivity index (χ1v) is 8.90. The van der Waals surface area contributed by atoms with Crippen LogP contribution in [0.1, 0.15) is 23.2 Å². The second-order valence-corrected chi connectivity index (χ2v) is 6.92. The van der Waals surface area contributed by atoms with Crippen molar-refractivity contribution in [2.45, 2.75) is 12.8 Å². The molecule has 2 heterocycles. The average molecular weight is 348 g/mol. The fourth-order valence-corrected chi connectivity index (χ4v) is 3.55. The molecule has 0 N–H and O–H groups in total. The molecule has 2 fully saturated rings. The van der Waals surface area contributed by atoms with Crippen molar-refractivity contribution in [3.8, 4) is 11.1 Å². The molecule has 26 heavy (non-hydrogen) atoms. The van der Waals surface area contributed by atoms with Crippen LogP contribution < -0.4 is 0 Å². The Morgan fingerprint density at radius 2 is 1.42 bits per heavy atom. The molecule has 4 rings (SSSR count). The van der Waals surface area contributed by atoms with Gasteiger partial charge in [0, 0.05) is 44.0 Å². The van der Waals surface area contributed by atoms with Gasteiger partial charge in [0.25, 0.3) is 5.91 Å². The molecule has 5 nitrogen and oxygen atoms in total. The summed E-state index contributed by atoms with van der Waals surface area (Å²) in [4.78, 5) is 39.0. The number of imide groups is 1. The van der Waals surface area contributed by atoms with Gasteiger partial charge in [0.2, 0.25) is 11.8 Å². The van der Waals surface area contributed by atoms with E-state index < -0.39 is 0 Å². The fraction of sp³-hybridized carbons (Fsp3) is 0.286. The van der Waals surface area contributed by atoms with Crippen LogP contribution in [-0.4, -0.2) is 47.2 Å². The first kappa shape index (κ1) is 16.5. The number of rotatable bonds is 4. The Kier molecular flexibility index (Phi) is 4.29. The largest absolute Gasteiger partial charge is 0.338 e. The third kappa shape index (κ3) is 3.12. The SMILES string of the molecule is O=C(c1ccc(-c2ccccc2)cc1)N1CC(CN2C(=O)CCC2=O)C1. The molecule has 2 aromatic rings. The number of amides is 3. The maximum atomic E-state index is 12.6. The molecule has 0 unspecified atom stereocenters. The number of hydrogen-bond acceptors (Lipinski definition) is 3. The molecule has 0 atom stereocenters. The summed E-state index contributed by atoms with van der Waals surface area (Å²) in [5.41, 5.74) is 2.86. The molecule has 0 aliphatic carbocycles. The summed E-state index contributed by atoms with van der Waals surface area (Å²) in [6.45, 7) is 1.63. The number of likely N-dealkylation sites (tertiary alicyclic amines) is 2. The van der Waals surface area contributed by atoms with Gasteiger partial charge in [-0.05, 0) is 23.3 Å². The summed E-state index contributed by atoms with van der Waals surface area (Å²) in [7, 11) is 0. The maximum absolute atomic E-state index is 12.6. The first-order chi connectivity index (χ1) is 12.6. The van der Waals surface area contributed by atoms with Crippen molar-refractivity contribution in [1.82, 2.24) is 9.80 Å². The highest BCUT2D eigenvalue weighted by Gasteiger charge is 2.37. The lowest BCUT2D eigenvalue weighted by Crippen LogP contribution is -2.54. The number of carbonyl (C=O) groups excluding carboxylic acids is 3. The Hall–Kier alpha value is -2.95. The van der Waals surface area contributed by atoms with Crippen LogP contribution in [0.3, 0.4) is 0 Å². The van der Waals surface area contributed by atoms with Gasteiger partial charge in [0.05, 0.1) is 0 Å². The van der Waals surface area contributed by atoms with E-state index in [4.69, 9.17) is 0 Å². The lowest BCUT2D eigenvalue weighted by atomic mass is 9.97. The summed E-state index contributed by atoms with van der Waals surface area (Å²) >= 11 is 0. The van der Waals surface area contributed by atoms with Crippen LogP contribution in [0.15, 0.2) is 54.6 Å². The highest BCUT2D eigenvalue weighted by molar-refractivity contribution is 6.02. The molecule has 2 saturated heterocycles. The van der Waals surface area contributed by atoms with E-state index in [1.165, 1.54) is 4.90 Å². The number of benzene rings is 2. The second-order valence-electron chi connectivity index (χ2n) is 6.92. The zero-order valence-electron chi connectivity index (χ0n) is 14.4. The Balaban J connectivity index is 1.34. The minimum Gasteiger partial charge on any atom is -0.338 e. The molecule has 0 saturated carbocycles. The van der Waals surface area contributed by atoms with Crippen LogP contribution in [0, 0.1) is 5.92 Å². The van der Waals surface area contributed by atoms with Crippen molar-refractivity contribution < 1.29 is 14.4 Å². The monoisotopic (exact) mass is 348 g/mol. The number of nitrogens with zero attached hydrogens (tertiary/aromatic N) is 2. The van der Waals surface area contributed by atoms with Gasteiger partial charge in [-0.1, -0.05) is 42.5 Å². The van der Waals surface area contributed by atoms with Gasteiger partial charge < -0.3 is 4.90 Å². The normalized spacial score (nSPS) is 17.5. The predicted molar refractivity (Wildman–Crippen MR) is 97.2 cm³/mol. The van der Waals surface area contributed by atoms with Gasteiger partial charge in [0.1, 0.15) is 0 Å². The molecule has 2 aromatic carbocycles. The lowest BCUT2D eigenvalue weighted by molar-refractivity contribution is -0.139. The molecule has 3 amide bonds. The highest BCUT2D eigenvalue weighted by atomic mass is 16.2. The molecule has 0 radical (unpaired) electrons. The quantitative estimate of drug-likeness (QED) is 0.798. The van der Waals surface area contributed by atoms with Gasteiger partial charge >= 0.3 is 0 Å². The molecular formula is C21H20N2O3. The summed E-state index contributed by atoms with van der Waals surface area (Å²) in [5, 5.41) is 0. The number of hydrogen-bond donors (Lipinski definition) is 0. The Bertz CT molecular complexity index is 823. The van der Waals surface area contributed by atoms with Gasteiger partial charge in [-0.2, -0.15) is 0 Å². The van der Waals surface area contributed by atoms with Crippen molar-refractivity contribution in [3.63, 3.8) is 0 Å². The van der Waals surface area contributed by atoms with Crippen LogP contribution in [0.4, 0.5) is 0 Å². The van der Waals surface area contributed by atoms with Crippen LogP contribution >= 0.6 is 0 Å². The van der Waals surface area contributed by atoms with Crippen LogP contribution in [-0.2, 0) is 9.59 Å². The molecule has 0 spiro atoms. The van der Waals surface area contributed by atoms with Crippen LogP contribution in [0.5, 0.6) is 0 Å². The summed E-state index contributed by atoms with van der Waals surface area (Å²) in [6, 6.07) is 17.7. The summed E-state index contributed by atoms with van der Waals surface area (Å²) < 4.78 is 0. The smallest absolute Gasteiger partial charge is 0.253 e. The lowest BCUT2D eigenvalue weighted by Gasteiger charge is -2.40. The second kappa shape index (κ2) is 6.75. The summed E-state index contributed by atoms with van der Waals surface area (Å²) in [5.74, 6) is 0.0148. The average Bonchev–Trinajstić information content (AvgIpc) is 2.96. The van der Waals surface area contributed by atoms with E-state index in [-0.39, 0.29) is 23.6 Å². The van der Waals surface area contributed by atoms with E-state index in [9.17, 15) is 14.4 Å². The van der Waals surface area contributed by atoms with E-state index in [0.717, 1.165) is 11.1 Å². The van der Waals surface area contributed by atoms with Crippen molar-refractivity contribution >= 4 is 17.7 Å². The predicted octanol–water partition coefficient (Wildman–Crippen LogP) is 2.57. The van der Waals surface area contributed by atoms with E-state index in [2.05, 4.69) is 0 Å². The molecule has 2 aliphatic heterocycles. The van der Waals surface area contributed by atoms with Crippen molar-refractivity contribution in [2.24, 2.45) is 5.92 Å². The molecule has 132 valence electrons. The third-order valence-corrected chi connectivity index (χ3v) is 5.08. The molecule has 5 heteroatoms. The highest BCUT2D eigenvalue weighted by Crippen LogP contribution is 2.24. The molecule has 2 aliphatic rings. The standard InChI is InChI=1S/C21H20N2O3/c24-19-10-11-20(25)23(19)14-15-12-22(13-15)21(26)18-8-6-17(7-9-18)16-4-2-1-3-5-16/h1-9,15H,10-14H2. The van der Waals surface area contributed by atoms with Crippen LogP contribution in [0.2, 0.25) is 0 Å². The molecular weight excluding hydrogens is 328 g/mol. The molecule has 0 aromatic heterocycles. The topological polar surface area (TPSA) is 57.7 Å². The van der Waals surface area contributed by atoms with E-state index in [1.807, 2.05) is 54.6 Å². The Morgan fingerprint density at radius 3 is 2.04 bits per heavy atom. The zero-order valence-corrected chi connectivity index (χ0v) is 14.4. The van der Waals surface area contributed by atoms with E-state index >= 15 is 0 Å². The van der Waals surface area contributed by atoms with E-state index in [1.54, 1.807) is 4.90 Å².